The Kier molecular flexibility index (Phi) is 5.53. The topological polar surface area (TPSA) is 55.1 Å². The highest BCUT2D eigenvalue weighted by Crippen LogP contribution is 2.47. The number of hydrogen-bond donors (Lipinski definition) is 2. The fraction of sp³-hybridized carbons (Fsp3) is 0.562. The molecule has 1 aromatic rings. The van der Waals surface area contributed by atoms with Crippen LogP contribution in [-0.2, 0) is 11.2 Å². The largest absolute Gasteiger partial charge is 0.355 e. The Morgan fingerprint density at radius 1 is 1.29 bits per heavy atom. The molecule has 1 amide bonds. The normalized spacial score (nSPS) is 30.0. The average Bonchev–Trinajstić information content (AvgIpc) is 3.01. The van der Waals surface area contributed by atoms with Crippen LogP contribution in [0.3, 0.4) is 0 Å². The van der Waals surface area contributed by atoms with Crippen LogP contribution in [0.2, 0.25) is 5.02 Å². The van der Waals surface area contributed by atoms with Crippen LogP contribution in [0.4, 0.5) is 0 Å². The van der Waals surface area contributed by atoms with E-state index in [1.54, 1.807) is 0 Å². The number of fused-ring (bicyclic) bond motifs is 2. The number of nitrogens with one attached hydrogen (secondary N) is 1. The first kappa shape index (κ1) is 16.6. The second-order valence-corrected chi connectivity index (χ2v) is 6.48. The number of amides is 1. The fourth-order valence-corrected chi connectivity index (χ4v) is 4.09. The van der Waals surface area contributed by atoms with Gasteiger partial charge in [0.25, 0.3) is 0 Å². The van der Waals surface area contributed by atoms with Gasteiger partial charge in [0.15, 0.2) is 0 Å². The molecule has 21 heavy (non-hydrogen) atoms. The Balaban J connectivity index is 0.00000161. The van der Waals surface area contributed by atoms with Crippen LogP contribution in [0.5, 0.6) is 0 Å². The third kappa shape index (κ3) is 3.36. The Bertz CT molecular complexity index is 507. The van der Waals surface area contributed by atoms with E-state index in [1.807, 2.05) is 24.3 Å². The predicted octanol–water partition coefficient (Wildman–Crippen LogP) is 2.79. The summed E-state index contributed by atoms with van der Waals surface area (Å²) >= 11 is 6.11. The van der Waals surface area contributed by atoms with Gasteiger partial charge in [-0.2, -0.15) is 0 Å². The van der Waals surface area contributed by atoms with Crippen molar-refractivity contribution in [2.24, 2.45) is 23.5 Å². The van der Waals surface area contributed by atoms with Crippen molar-refractivity contribution in [3.8, 4) is 0 Å². The van der Waals surface area contributed by atoms with Gasteiger partial charge in [-0.15, -0.1) is 12.4 Å². The maximum atomic E-state index is 12.3. The van der Waals surface area contributed by atoms with Crippen molar-refractivity contribution >= 4 is 29.9 Å². The summed E-state index contributed by atoms with van der Waals surface area (Å²) in [5.41, 5.74) is 7.27. The molecule has 0 heterocycles. The van der Waals surface area contributed by atoms with E-state index < -0.39 is 0 Å². The van der Waals surface area contributed by atoms with E-state index >= 15 is 0 Å². The molecule has 5 heteroatoms. The Hall–Kier alpha value is -0.770. The van der Waals surface area contributed by atoms with Crippen LogP contribution in [0.15, 0.2) is 24.3 Å². The van der Waals surface area contributed by atoms with E-state index in [9.17, 15) is 4.79 Å². The standard InChI is InChI=1S/C16H21ClN2O.ClH/c17-13-4-2-1-3-10(13)7-8-19-16(20)14-11-5-6-12(9-11)15(14)18;/h1-4,11-12,14-15H,5-9,18H2,(H,19,20);1H. The van der Waals surface area contributed by atoms with Gasteiger partial charge in [0.05, 0.1) is 5.92 Å². The molecule has 0 aliphatic heterocycles. The molecule has 0 aromatic heterocycles. The van der Waals surface area contributed by atoms with Crippen molar-refractivity contribution in [2.75, 3.05) is 6.54 Å². The van der Waals surface area contributed by atoms with E-state index in [4.69, 9.17) is 17.3 Å². The van der Waals surface area contributed by atoms with Crippen molar-refractivity contribution in [1.82, 2.24) is 5.32 Å². The third-order valence-corrected chi connectivity index (χ3v) is 5.30. The van der Waals surface area contributed by atoms with Gasteiger partial charge in [-0.25, -0.2) is 0 Å². The molecular weight excluding hydrogens is 307 g/mol. The van der Waals surface area contributed by atoms with Gasteiger partial charge < -0.3 is 11.1 Å². The van der Waals surface area contributed by atoms with Crippen LogP contribution in [0, 0.1) is 17.8 Å². The molecule has 2 aliphatic carbocycles. The highest BCUT2D eigenvalue weighted by molar-refractivity contribution is 6.31. The highest BCUT2D eigenvalue weighted by Gasteiger charge is 2.48. The number of rotatable bonds is 4. The van der Waals surface area contributed by atoms with E-state index in [0.29, 0.717) is 18.4 Å². The molecular formula is C16H22Cl2N2O. The van der Waals surface area contributed by atoms with Crippen LogP contribution in [-0.4, -0.2) is 18.5 Å². The molecule has 0 spiro atoms. The molecule has 2 fully saturated rings. The Labute approximate surface area is 137 Å². The van der Waals surface area contributed by atoms with E-state index in [0.717, 1.165) is 23.4 Å². The first-order valence-corrected chi connectivity index (χ1v) is 7.81. The second-order valence-electron chi connectivity index (χ2n) is 6.07. The molecule has 1 aromatic carbocycles. The lowest BCUT2D eigenvalue weighted by molar-refractivity contribution is -0.127. The van der Waals surface area contributed by atoms with Crippen molar-refractivity contribution < 1.29 is 4.79 Å². The summed E-state index contributed by atoms with van der Waals surface area (Å²) in [6, 6.07) is 7.82. The van der Waals surface area contributed by atoms with Crippen LogP contribution in [0.25, 0.3) is 0 Å². The summed E-state index contributed by atoms with van der Waals surface area (Å²) in [7, 11) is 0. The zero-order valence-corrected chi connectivity index (χ0v) is 13.5. The van der Waals surface area contributed by atoms with Gasteiger partial charge in [-0.3, -0.25) is 4.79 Å². The number of carbonyl (C=O) groups is 1. The minimum absolute atomic E-state index is 0. The molecule has 116 valence electrons. The van der Waals surface area contributed by atoms with Gasteiger partial charge in [0.1, 0.15) is 0 Å². The minimum Gasteiger partial charge on any atom is -0.355 e. The van der Waals surface area contributed by atoms with Crippen LogP contribution in [0.1, 0.15) is 24.8 Å². The van der Waals surface area contributed by atoms with Gasteiger partial charge in [-0.1, -0.05) is 29.8 Å². The Morgan fingerprint density at radius 3 is 2.67 bits per heavy atom. The summed E-state index contributed by atoms with van der Waals surface area (Å²) in [5, 5.41) is 3.80. The number of nitrogens with two attached hydrogens (primary N) is 1. The van der Waals surface area contributed by atoms with Crippen LogP contribution < -0.4 is 11.1 Å². The number of hydrogen-bond acceptors (Lipinski definition) is 2. The lowest BCUT2D eigenvalue weighted by Crippen LogP contribution is -2.45. The molecule has 2 aliphatic rings. The number of benzene rings is 1. The van der Waals surface area contributed by atoms with E-state index in [1.165, 1.54) is 12.8 Å². The summed E-state index contributed by atoms with van der Waals surface area (Å²) in [6.45, 7) is 0.628. The molecule has 3 N–H and O–H groups in total. The summed E-state index contributed by atoms with van der Waals surface area (Å²) in [4.78, 5) is 12.3. The van der Waals surface area contributed by atoms with Gasteiger partial charge in [0.2, 0.25) is 5.91 Å². The van der Waals surface area contributed by atoms with Gasteiger partial charge in [-0.05, 0) is 49.1 Å². The first-order valence-electron chi connectivity index (χ1n) is 7.43. The van der Waals surface area contributed by atoms with Gasteiger partial charge >= 0.3 is 0 Å². The number of carbonyl (C=O) groups excluding carboxylic acids is 1. The molecule has 0 radical (unpaired) electrons. The monoisotopic (exact) mass is 328 g/mol. The second kappa shape index (κ2) is 6.99. The maximum absolute atomic E-state index is 12.3. The summed E-state index contributed by atoms with van der Waals surface area (Å²) in [6.07, 6.45) is 4.28. The summed E-state index contributed by atoms with van der Waals surface area (Å²) in [5.74, 6) is 1.24. The fourth-order valence-electron chi connectivity index (χ4n) is 3.86. The maximum Gasteiger partial charge on any atom is 0.224 e. The highest BCUT2D eigenvalue weighted by atomic mass is 35.5. The lowest BCUT2D eigenvalue weighted by Gasteiger charge is -2.27. The summed E-state index contributed by atoms with van der Waals surface area (Å²) < 4.78 is 0. The Morgan fingerprint density at radius 2 is 2.00 bits per heavy atom. The zero-order valence-electron chi connectivity index (χ0n) is 11.9. The van der Waals surface area contributed by atoms with Crippen molar-refractivity contribution in [3.05, 3.63) is 34.9 Å². The molecule has 0 saturated heterocycles. The smallest absolute Gasteiger partial charge is 0.224 e. The van der Waals surface area contributed by atoms with Crippen LogP contribution >= 0.6 is 24.0 Å². The minimum atomic E-state index is 0. The molecule has 2 saturated carbocycles. The first-order chi connectivity index (χ1) is 9.66. The SMILES string of the molecule is Cl.NC1C2CCC(C2)C1C(=O)NCCc1ccccc1Cl. The van der Waals surface area contributed by atoms with Crippen molar-refractivity contribution in [3.63, 3.8) is 0 Å². The van der Waals surface area contributed by atoms with E-state index in [-0.39, 0.29) is 30.3 Å². The molecule has 4 unspecified atom stereocenters. The number of halogens is 2. The van der Waals surface area contributed by atoms with E-state index in [2.05, 4.69) is 5.32 Å². The van der Waals surface area contributed by atoms with Crippen molar-refractivity contribution in [2.45, 2.75) is 31.7 Å². The zero-order chi connectivity index (χ0) is 14.1. The quantitative estimate of drug-likeness (QED) is 0.892. The third-order valence-electron chi connectivity index (χ3n) is 4.93. The average molecular weight is 329 g/mol. The molecule has 4 atom stereocenters. The van der Waals surface area contributed by atoms with Gasteiger partial charge in [0, 0.05) is 17.6 Å². The lowest BCUT2D eigenvalue weighted by atomic mass is 9.84. The van der Waals surface area contributed by atoms with Crippen molar-refractivity contribution in [1.29, 1.82) is 0 Å². The predicted molar refractivity (Wildman–Crippen MR) is 87.7 cm³/mol. The molecule has 3 rings (SSSR count). The molecule has 2 bridgehead atoms. The molecule has 3 nitrogen and oxygen atoms in total.